The SMILES string of the molecule is C=C/C(=C\N(C)C)c1cccc(-c2ncc(/C(C=NC)=C/C(=C)C)c(NCC3CCOC3)n2)c1. The summed E-state index contributed by atoms with van der Waals surface area (Å²) in [5, 5.41) is 3.55. The van der Waals surface area contributed by atoms with Gasteiger partial charge in [-0.2, -0.15) is 0 Å². The van der Waals surface area contributed by atoms with E-state index in [1.807, 2.05) is 68.8 Å². The molecule has 2 heterocycles. The minimum absolute atomic E-state index is 0.467. The Morgan fingerprint density at radius 3 is 2.79 bits per heavy atom. The maximum absolute atomic E-state index is 5.55. The topological polar surface area (TPSA) is 62.6 Å². The van der Waals surface area contributed by atoms with Gasteiger partial charge in [-0.05, 0) is 30.5 Å². The fourth-order valence-corrected chi connectivity index (χ4v) is 3.80. The molecule has 2 aromatic rings. The third-order valence-electron chi connectivity index (χ3n) is 5.42. The van der Waals surface area contributed by atoms with Crippen molar-refractivity contribution in [3.8, 4) is 11.4 Å². The smallest absolute Gasteiger partial charge is 0.161 e. The lowest BCUT2D eigenvalue weighted by molar-refractivity contribution is 0.187. The second-order valence-electron chi connectivity index (χ2n) is 8.73. The first-order valence-corrected chi connectivity index (χ1v) is 11.5. The highest BCUT2D eigenvalue weighted by molar-refractivity contribution is 6.12. The molecule has 178 valence electrons. The summed E-state index contributed by atoms with van der Waals surface area (Å²) in [6, 6.07) is 8.22. The van der Waals surface area contributed by atoms with E-state index >= 15 is 0 Å². The van der Waals surface area contributed by atoms with Crippen molar-refractivity contribution in [1.82, 2.24) is 14.9 Å². The zero-order chi connectivity index (χ0) is 24.5. The lowest BCUT2D eigenvalue weighted by Gasteiger charge is -2.16. The summed E-state index contributed by atoms with van der Waals surface area (Å²) in [6.45, 7) is 12.3. The van der Waals surface area contributed by atoms with E-state index in [9.17, 15) is 0 Å². The van der Waals surface area contributed by atoms with E-state index in [-0.39, 0.29) is 0 Å². The van der Waals surface area contributed by atoms with Crippen LogP contribution in [0.15, 0.2) is 72.5 Å². The van der Waals surface area contributed by atoms with E-state index in [2.05, 4.69) is 35.6 Å². The summed E-state index contributed by atoms with van der Waals surface area (Å²) in [5.74, 6) is 1.91. The third-order valence-corrected chi connectivity index (χ3v) is 5.42. The first-order valence-electron chi connectivity index (χ1n) is 11.5. The molecule has 6 nitrogen and oxygen atoms in total. The average molecular weight is 458 g/mol. The van der Waals surface area contributed by atoms with Gasteiger partial charge in [-0.1, -0.05) is 49.1 Å². The van der Waals surface area contributed by atoms with Crippen LogP contribution in [-0.2, 0) is 4.74 Å². The monoisotopic (exact) mass is 457 g/mol. The molecule has 1 N–H and O–H groups in total. The molecule has 0 bridgehead atoms. The van der Waals surface area contributed by atoms with Gasteiger partial charge in [0, 0.05) is 75.5 Å². The largest absolute Gasteiger partial charge is 0.383 e. The molecule has 0 radical (unpaired) electrons. The molecule has 34 heavy (non-hydrogen) atoms. The number of hydrogen-bond acceptors (Lipinski definition) is 6. The Hall–Kier alpha value is -3.51. The standard InChI is InChI=1S/C28H35N5O/c1-7-22(18-33(5)6)23-9-8-10-24(14-23)27-31-17-26(25(16-29-4)13-20(2)3)28(32-27)30-15-21-11-12-34-19-21/h7-10,13-14,16-18,21H,1-2,11-12,15,19H2,3-6H3,(H,30,31,32)/b22-18+,25-13+,29-16?. The van der Waals surface area contributed by atoms with Crippen LogP contribution in [0.2, 0.25) is 0 Å². The lowest BCUT2D eigenvalue weighted by atomic mass is 10.0. The zero-order valence-corrected chi connectivity index (χ0v) is 20.7. The molecule has 0 spiro atoms. The summed E-state index contributed by atoms with van der Waals surface area (Å²) in [7, 11) is 5.75. The molecular formula is C28H35N5O. The van der Waals surface area contributed by atoms with Crippen LogP contribution in [0, 0.1) is 5.92 Å². The van der Waals surface area contributed by atoms with Gasteiger partial charge in [-0.25, -0.2) is 9.97 Å². The molecular weight excluding hydrogens is 422 g/mol. The van der Waals surface area contributed by atoms with E-state index in [0.29, 0.717) is 11.7 Å². The number of aliphatic imine (C=N–C) groups is 1. The van der Waals surface area contributed by atoms with Gasteiger partial charge >= 0.3 is 0 Å². The van der Waals surface area contributed by atoms with Gasteiger partial charge in [0.15, 0.2) is 5.82 Å². The molecule has 6 heteroatoms. The molecule has 0 aliphatic carbocycles. The lowest BCUT2D eigenvalue weighted by Crippen LogP contribution is -2.16. The number of nitrogens with zero attached hydrogens (tertiary/aromatic N) is 4. The van der Waals surface area contributed by atoms with E-state index in [1.165, 1.54) is 0 Å². The van der Waals surface area contributed by atoms with Crippen LogP contribution in [0.4, 0.5) is 5.82 Å². The van der Waals surface area contributed by atoms with Crippen LogP contribution in [0.25, 0.3) is 22.5 Å². The Morgan fingerprint density at radius 1 is 1.32 bits per heavy atom. The van der Waals surface area contributed by atoms with E-state index in [1.54, 1.807) is 7.05 Å². The summed E-state index contributed by atoms with van der Waals surface area (Å²) < 4.78 is 5.55. The van der Waals surface area contributed by atoms with Crippen LogP contribution < -0.4 is 5.32 Å². The number of benzene rings is 1. The van der Waals surface area contributed by atoms with E-state index in [4.69, 9.17) is 14.7 Å². The second kappa shape index (κ2) is 12.1. The van der Waals surface area contributed by atoms with Crippen molar-refractivity contribution in [2.75, 3.05) is 46.2 Å². The normalized spacial score (nSPS) is 16.6. The van der Waals surface area contributed by atoms with E-state index < -0.39 is 0 Å². The predicted molar refractivity (Wildman–Crippen MR) is 144 cm³/mol. The molecule has 1 aromatic carbocycles. The average Bonchev–Trinajstić information content (AvgIpc) is 3.34. The molecule has 1 unspecified atom stereocenters. The second-order valence-corrected chi connectivity index (χ2v) is 8.73. The van der Waals surface area contributed by atoms with Crippen molar-refractivity contribution in [1.29, 1.82) is 0 Å². The van der Waals surface area contributed by atoms with Gasteiger partial charge in [0.25, 0.3) is 0 Å². The maximum Gasteiger partial charge on any atom is 0.161 e. The highest BCUT2D eigenvalue weighted by atomic mass is 16.5. The van der Waals surface area contributed by atoms with Crippen LogP contribution >= 0.6 is 0 Å². The van der Waals surface area contributed by atoms with Crippen LogP contribution in [-0.4, -0.2) is 62.0 Å². The minimum Gasteiger partial charge on any atom is -0.383 e. The van der Waals surface area contributed by atoms with Gasteiger partial charge in [0.05, 0.1) is 6.61 Å². The van der Waals surface area contributed by atoms with Crippen molar-refractivity contribution in [3.63, 3.8) is 0 Å². The number of nitrogens with one attached hydrogen (secondary N) is 1. The van der Waals surface area contributed by atoms with Crippen LogP contribution in [0.5, 0.6) is 0 Å². The Kier molecular flexibility index (Phi) is 8.93. The summed E-state index contributed by atoms with van der Waals surface area (Å²) >= 11 is 0. The van der Waals surface area contributed by atoms with Crippen LogP contribution in [0.1, 0.15) is 24.5 Å². The highest BCUT2D eigenvalue weighted by Gasteiger charge is 2.18. The minimum atomic E-state index is 0.467. The van der Waals surface area contributed by atoms with Crippen molar-refractivity contribution in [2.45, 2.75) is 13.3 Å². The molecule has 1 aromatic heterocycles. The molecule has 1 aliphatic heterocycles. The van der Waals surface area contributed by atoms with Crippen molar-refractivity contribution < 1.29 is 4.74 Å². The van der Waals surface area contributed by atoms with E-state index in [0.717, 1.165) is 65.4 Å². The van der Waals surface area contributed by atoms with Gasteiger partial charge in [-0.3, -0.25) is 4.99 Å². The first kappa shape index (κ1) is 25.1. The Labute approximate surface area is 203 Å². The number of rotatable bonds is 10. The number of hydrogen-bond donors (Lipinski definition) is 1. The Morgan fingerprint density at radius 2 is 2.15 bits per heavy atom. The zero-order valence-electron chi connectivity index (χ0n) is 20.7. The van der Waals surface area contributed by atoms with Crippen molar-refractivity contribution in [3.05, 3.63) is 78.7 Å². The summed E-state index contributed by atoms with van der Waals surface area (Å²) in [5.41, 5.74) is 5.79. The number of aromatic nitrogens is 2. The molecule has 1 saturated heterocycles. The van der Waals surface area contributed by atoms with Gasteiger partial charge in [0.1, 0.15) is 5.82 Å². The van der Waals surface area contributed by atoms with Gasteiger partial charge < -0.3 is 15.0 Å². The maximum atomic E-state index is 5.55. The number of anilines is 1. The molecule has 3 rings (SSSR count). The number of ether oxygens (including phenoxy) is 1. The molecule has 1 aliphatic rings. The Bertz CT molecular complexity index is 1110. The fraction of sp³-hybridized carbons (Fsp3) is 0.321. The number of allylic oxidation sites excluding steroid dienone is 5. The third kappa shape index (κ3) is 6.75. The van der Waals surface area contributed by atoms with Gasteiger partial charge in [0.2, 0.25) is 0 Å². The highest BCUT2D eigenvalue weighted by Crippen LogP contribution is 2.28. The Balaban J connectivity index is 2.04. The van der Waals surface area contributed by atoms with Crippen molar-refractivity contribution in [2.24, 2.45) is 10.9 Å². The molecule has 0 saturated carbocycles. The van der Waals surface area contributed by atoms with Crippen LogP contribution in [0.3, 0.4) is 0 Å². The quantitative estimate of drug-likeness (QED) is 0.385. The molecule has 1 atom stereocenters. The molecule has 1 fully saturated rings. The fourth-order valence-electron chi connectivity index (χ4n) is 3.80. The van der Waals surface area contributed by atoms with Gasteiger partial charge in [-0.15, -0.1) is 0 Å². The summed E-state index contributed by atoms with van der Waals surface area (Å²) in [4.78, 5) is 15.9. The molecule has 0 amide bonds. The predicted octanol–water partition coefficient (Wildman–Crippen LogP) is 5.34. The summed E-state index contributed by atoms with van der Waals surface area (Å²) in [6.07, 6.45) is 10.6. The first-order chi connectivity index (χ1) is 16.4. The van der Waals surface area contributed by atoms with Crippen molar-refractivity contribution >= 4 is 23.2 Å².